The fraction of sp³-hybridized carbons (Fsp3) is 0.133. The lowest BCUT2D eigenvalue weighted by atomic mass is 10.1. The van der Waals surface area contributed by atoms with Crippen LogP contribution in [0.4, 0.5) is 0 Å². The van der Waals surface area contributed by atoms with Gasteiger partial charge in [0, 0.05) is 24.1 Å². The average molecular weight is 302 g/mol. The Morgan fingerprint density at radius 1 is 1.43 bits per heavy atom. The molecule has 0 aliphatic rings. The summed E-state index contributed by atoms with van der Waals surface area (Å²) in [6.07, 6.45) is 2.50. The van der Waals surface area contributed by atoms with Gasteiger partial charge in [0.1, 0.15) is 0 Å². The molecule has 2 rings (SSSR count). The van der Waals surface area contributed by atoms with Crippen LogP contribution in [0.3, 0.4) is 0 Å². The Labute approximate surface area is 126 Å². The first-order valence-corrected chi connectivity index (χ1v) is 7.14. The molecule has 0 spiro atoms. The van der Waals surface area contributed by atoms with Gasteiger partial charge in [-0.05, 0) is 23.8 Å². The zero-order chi connectivity index (χ0) is 15.2. The Hall–Kier alpha value is -2.47. The maximum atomic E-state index is 12.3. The largest absolute Gasteiger partial charge is 0.478 e. The van der Waals surface area contributed by atoms with Crippen LogP contribution in [0.5, 0.6) is 0 Å². The topological polar surface area (TPSA) is 70.5 Å². The van der Waals surface area contributed by atoms with Gasteiger partial charge in [-0.15, -0.1) is 11.3 Å². The molecule has 5 nitrogen and oxygen atoms in total. The number of carboxylic acid groups (broad SMARTS) is 1. The highest BCUT2D eigenvalue weighted by Gasteiger charge is 2.12. The molecule has 1 heterocycles. The molecule has 0 unspecified atom stereocenters. The minimum atomic E-state index is -1.02. The van der Waals surface area contributed by atoms with Crippen molar-refractivity contribution < 1.29 is 14.7 Å². The summed E-state index contributed by atoms with van der Waals surface area (Å²) in [5.41, 5.74) is 3.76. The number of amides is 1. The minimum absolute atomic E-state index is 0.131. The molecular formula is C15H14N2O3S. The van der Waals surface area contributed by atoms with Crippen molar-refractivity contribution in [2.45, 2.75) is 6.54 Å². The first kappa shape index (κ1) is 14.9. The molecule has 0 radical (unpaired) electrons. The molecule has 0 atom stereocenters. The first-order chi connectivity index (χ1) is 10.1. The van der Waals surface area contributed by atoms with E-state index in [2.05, 4.69) is 4.98 Å². The smallest absolute Gasteiger partial charge is 0.328 e. The van der Waals surface area contributed by atoms with E-state index >= 15 is 0 Å². The summed E-state index contributed by atoms with van der Waals surface area (Å²) in [7, 11) is 1.71. The van der Waals surface area contributed by atoms with Gasteiger partial charge >= 0.3 is 5.97 Å². The van der Waals surface area contributed by atoms with Crippen LogP contribution in [0, 0.1) is 0 Å². The molecule has 0 fully saturated rings. The highest BCUT2D eigenvalue weighted by atomic mass is 32.1. The van der Waals surface area contributed by atoms with E-state index in [0.29, 0.717) is 17.7 Å². The van der Waals surface area contributed by atoms with Crippen molar-refractivity contribution >= 4 is 29.3 Å². The maximum Gasteiger partial charge on any atom is 0.328 e. The number of aromatic nitrogens is 1. The molecule has 6 heteroatoms. The number of hydrogen-bond donors (Lipinski definition) is 1. The van der Waals surface area contributed by atoms with E-state index in [9.17, 15) is 9.59 Å². The summed E-state index contributed by atoms with van der Waals surface area (Å²) < 4.78 is 0. The number of rotatable bonds is 5. The fourth-order valence-corrected chi connectivity index (χ4v) is 2.34. The molecule has 1 amide bonds. The third-order valence-corrected chi connectivity index (χ3v) is 3.42. The second-order valence-electron chi connectivity index (χ2n) is 4.44. The van der Waals surface area contributed by atoms with Crippen molar-refractivity contribution in [3.8, 4) is 0 Å². The molecular weight excluding hydrogens is 288 g/mol. The monoisotopic (exact) mass is 302 g/mol. The maximum absolute atomic E-state index is 12.3. The van der Waals surface area contributed by atoms with Gasteiger partial charge in [0.25, 0.3) is 5.91 Å². The van der Waals surface area contributed by atoms with Gasteiger partial charge in [0.05, 0.1) is 17.7 Å². The third-order valence-electron chi connectivity index (χ3n) is 2.78. The van der Waals surface area contributed by atoms with E-state index < -0.39 is 5.97 Å². The van der Waals surface area contributed by atoms with Gasteiger partial charge in [-0.25, -0.2) is 9.78 Å². The quantitative estimate of drug-likeness (QED) is 0.862. The molecule has 1 N–H and O–H groups in total. The molecule has 108 valence electrons. The van der Waals surface area contributed by atoms with E-state index in [4.69, 9.17) is 5.11 Å². The molecule has 0 bridgehead atoms. The molecule has 0 aliphatic carbocycles. The predicted octanol–water partition coefficient (Wildman–Crippen LogP) is 2.51. The van der Waals surface area contributed by atoms with Gasteiger partial charge in [-0.2, -0.15) is 0 Å². The summed E-state index contributed by atoms with van der Waals surface area (Å²) in [6, 6.07) is 6.85. The summed E-state index contributed by atoms with van der Waals surface area (Å²) in [5.74, 6) is -1.15. The van der Waals surface area contributed by atoms with Crippen molar-refractivity contribution in [2.75, 3.05) is 7.05 Å². The number of hydrogen-bond acceptors (Lipinski definition) is 4. The summed E-state index contributed by atoms with van der Waals surface area (Å²) in [5, 5.41) is 10.5. The lowest BCUT2D eigenvalue weighted by molar-refractivity contribution is -0.131. The van der Waals surface area contributed by atoms with Gasteiger partial charge in [0.2, 0.25) is 0 Å². The highest BCUT2D eigenvalue weighted by molar-refractivity contribution is 7.07. The van der Waals surface area contributed by atoms with Gasteiger partial charge in [-0.1, -0.05) is 12.1 Å². The van der Waals surface area contributed by atoms with Crippen LogP contribution in [0.1, 0.15) is 21.6 Å². The first-order valence-electron chi connectivity index (χ1n) is 6.20. The van der Waals surface area contributed by atoms with Crippen LogP contribution in [0.15, 0.2) is 41.2 Å². The second-order valence-corrected chi connectivity index (χ2v) is 5.16. The van der Waals surface area contributed by atoms with E-state index in [1.165, 1.54) is 17.4 Å². The highest BCUT2D eigenvalue weighted by Crippen LogP contribution is 2.12. The van der Waals surface area contributed by atoms with E-state index in [1.807, 2.05) is 5.38 Å². The van der Waals surface area contributed by atoms with Gasteiger partial charge in [-0.3, -0.25) is 4.79 Å². The van der Waals surface area contributed by atoms with Crippen LogP contribution < -0.4 is 0 Å². The van der Waals surface area contributed by atoms with Crippen LogP contribution >= 0.6 is 11.3 Å². The number of thiazole rings is 1. The van der Waals surface area contributed by atoms with E-state index in [-0.39, 0.29) is 5.91 Å². The lowest BCUT2D eigenvalue weighted by Gasteiger charge is -2.16. The van der Waals surface area contributed by atoms with Crippen molar-refractivity contribution in [3.05, 3.63) is 58.1 Å². The molecule has 21 heavy (non-hydrogen) atoms. The Balaban J connectivity index is 2.11. The number of benzene rings is 1. The Morgan fingerprint density at radius 3 is 2.90 bits per heavy atom. The molecule has 2 aromatic rings. The normalized spacial score (nSPS) is 10.7. The van der Waals surface area contributed by atoms with E-state index in [0.717, 1.165) is 11.8 Å². The SMILES string of the molecule is CN(Cc1cscn1)C(=O)c1cccc(C=CC(=O)O)c1. The predicted molar refractivity (Wildman–Crippen MR) is 81.0 cm³/mol. The molecule has 0 saturated heterocycles. The van der Waals surface area contributed by atoms with Crippen molar-refractivity contribution in [3.63, 3.8) is 0 Å². The van der Waals surface area contributed by atoms with Crippen molar-refractivity contribution in [2.24, 2.45) is 0 Å². The zero-order valence-electron chi connectivity index (χ0n) is 11.4. The van der Waals surface area contributed by atoms with Crippen molar-refractivity contribution in [1.29, 1.82) is 0 Å². The Kier molecular flexibility index (Phi) is 4.84. The Morgan fingerprint density at radius 2 is 2.24 bits per heavy atom. The molecule has 1 aromatic heterocycles. The number of carbonyl (C=O) groups excluding carboxylic acids is 1. The average Bonchev–Trinajstić information content (AvgIpc) is 2.97. The molecule has 0 aliphatic heterocycles. The molecule has 1 aromatic carbocycles. The van der Waals surface area contributed by atoms with Gasteiger partial charge < -0.3 is 10.0 Å². The zero-order valence-corrected chi connectivity index (χ0v) is 12.2. The van der Waals surface area contributed by atoms with Crippen LogP contribution in [-0.4, -0.2) is 33.9 Å². The van der Waals surface area contributed by atoms with Crippen LogP contribution in [0.2, 0.25) is 0 Å². The number of carbonyl (C=O) groups is 2. The van der Waals surface area contributed by atoms with E-state index in [1.54, 1.807) is 41.7 Å². The summed E-state index contributed by atoms with van der Waals surface area (Å²) >= 11 is 1.49. The number of carboxylic acids is 1. The minimum Gasteiger partial charge on any atom is -0.478 e. The van der Waals surface area contributed by atoms with Crippen molar-refractivity contribution in [1.82, 2.24) is 9.88 Å². The van der Waals surface area contributed by atoms with Crippen LogP contribution in [0.25, 0.3) is 6.08 Å². The van der Waals surface area contributed by atoms with Gasteiger partial charge in [0.15, 0.2) is 0 Å². The summed E-state index contributed by atoms with van der Waals surface area (Å²) in [4.78, 5) is 28.6. The summed E-state index contributed by atoms with van der Waals surface area (Å²) in [6.45, 7) is 0.442. The Bertz CT molecular complexity index is 665. The number of nitrogens with zero attached hydrogens (tertiary/aromatic N) is 2. The lowest BCUT2D eigenvalue weighted by Crippen LogP contribution is -2.26. The molecule has 0 saturated carbocycles. The second kappa shape index (κ2) is 6.81. The fourth-order valence-electron chi connectivity index (χ4n) is 1.79. The third kappa shape index (κ3) is 4.25. The van der Waals surface area contributed by atoms with Crippen LogP contribution in [-0.2, 0) is 11.3 Å². The number of aliphatic carboxylic acids is 1. The standard InChI is InChI=1S/C15H14N2O3S/c1-17(8-13-9-21-10-16-13)15(20)12-4-2-3-11(7-12)5-6-14(18)19/h2-7,9-10H,8H2,1H3,(H,18,19).